The zero-order valence-corrected chi connectivity index (χ0v) is 15.2. The molecular weight excluding hydrogens is 360 g/mol. The Morgan fingerprint density at radius 1 is 1.14 bits per heavy atom. The number of aryl methyl sites for hydroxylation is 2. The molecule has 1 N–H and O–H groups in total. The minimum Gasteiger partial charge on any atom is -0.454 e. The third-order valence-electron chi connectivity index (χ3n) is 4.81. The molecule has 5 rings (SSSR count). The summed E-state index contributed by atoms with van der Waals surface area (Å²) in [6, 6.07) is 10.4. The second kappa shape index (κ2) is 5.85. The van der Waals surface area contributed by atoms with Crippen LogP contribution in [0.5, 0.6) is 11.5 Å². The molecule has 4 aromatic rings. The van der Waals surface area contributed by atoms with Crippen molar-refractivity contribution < 1.29 is 14.3 Å². The van der Waals surface area contributed by atoms with Crippen LogP contribution in [0.15, 0.2) is 47.4 Å². The number of ether oxygens (including phenoxy) is 2. The number of fused-ring (bicyclic) bond motifs is 3. The van der Waals surface area contributed by atoms with Crippen LogP contribution in [0.3, 0.4) is 0 Å². The van der Waals surface area contributed by atoms with E-state index in [0.29, 0.717) is 39.6 Å². The van der Waals surface area contributed by atoms with Crippen LogP contribution in [0.4, 0.5) is 5.69 Å². The molecule has 1 aliphatic rings. The third kappa shape index (κ3) is 2.42. The molecule has 0 atom stereocenters. The normalized spacial score (nSPS) is 12.6. The molecule has 0 aliphatic carbocycles. The summed E-state index contributed by atoms with van der Waals surface area (Å²) >= 11 is 0. The van der Waals surface area contributed by atoms with Crippen LogP contribution in [0, 0.1) is 6.92 Å². The monoisotopic (exact) mass is 376 g/mol. The Kier molecular flexibility index (Phi) is 3.42. The molecule has 140 valence electrons. The number of pyridine rings is 1. The van der Waals surface area contributed by atoms with E-state index in [1.807, 2.05) is 13.0 Å². The van der Waals surface area contributed by atoms with Crippen molar-refractivity contribution in [2.75, 3.05) is 12.1 Å². The first-order valence-corrected chi connectivity index (χ1v) is 8.71. The zero-order chi connectivity index (χ0) is 19.4. The van der Waals surface area contributed by atoms with Gasteiger partial charge in [-0.05, 0) is 36.8 Å². The second-order valence-corrected chi connectivity index (χ2v) is 6.70. The van der Waals surface area contributed by atoms with Gasteiger partial charge in [-0.2, -0.15) is 0 Å². The van der Waals surface area contributed by atoms with Gasteiger partial charge in [-0.15, -0.1) is 0 Å². The number of anilines is 1. The molecule has 8 heteroatoms. The average Bonchev–Trinajstić information content (AvgIpc) is 3.27. The first-order chi connectivity index (χ1) is 13.5. The van der Waals surface area contributed by atoms with Gasteiger partial charge in [0.15, 0.2) is 11.5 Å². The number of benzene rings is 1. The first-order valence-electron chi connectivity index (χ1n) is 8.71. The molecular formula is C20H16N4O4. The summed E-state index contributed by atoms with van der Waals surface area (Å²) in [5.41, 5.74) is 2.65. The summed E-state index contributed by atoms with van der Waals surface area (Å²) in [5.74, 6) is 0.877. The molecule has 4 heterocycles. The molecule has 0 unspecified atom stereocenters. The Balaban J connectivity index is 1.57. The van der Waals surface area contributed by atoms with Gasteiger partial charge in [-0.25, -0.2) is 4.98 Å². The summed E-state index contributed by atoms with van der Waals surface area (Å²) < 4.78 is 13.7. The molecule has 0 radical (unpaired) electrons. The number of nitrogens with one attached hydrogen (secondary N) is 1. The van der Waals surface area contributed by atoms with Gasteiger partial charge in [0, 0.05) is 25.0 Å². The Labute approximate surface area is 158 Å². The van der Waals surface area contributed by atoms with E-state index in [2.05, 4.69) is 10.3 Å². The molecule has 0 spiro atoms. The van der Waals surface area contributed by atoms with Crippen LogP contribution in [0.2, 0.25) is 0 Å². The van der Waals surface area contributed by atoms with E-state index in [1.165, 1.54) is 4.40 Å². The lowest BCUT2D eigenvalue weighted by atomic mass is 10.2. The van der Waals surface area contributed by atoms with Crippen molar-refractivity contribution in [3.05, 3.63) is 64.2 Å². The number of carbonyl (C=O) groups is 1. The van der Waals surface area contributed by atoms with E-state index < -0.39 is 0 Å². The maximum Gasteiger partial charge on any atom is 0.272 e. The topological polar surface area (TPSA) is 86.9 Å². The van der Waals surface area contributed by atoms with Gasteiger partial charge in [0.25, 0.3) is 11.5 Å². The van der Waals surface area contributed by atoms with Crippen molar-refractivity contribution in [1.82, 2.24) is 14.0 Å². The lowest BCUT2D eigenvalue weighted by Gasteiger charge is -2.07. The van der Waals surface area contributed by atoms with E-state index >= 15 is 0 Å². The van der Waals surface area contributed by atoms with E-state index in [4.69, 9.17) is 9.47 Å². The van der Waals surface area contributed by atoms with Gasteiger partial charge in [-0.3, -0.25) is 14.0 Å². The smallest absolute Gasteiger partial charge is 0.272 e. The number of aromatic nitrogens is 3. The molecule has 0 saturated heterocycles. The number of rotatable bonds is 2. The molecule has 3 aromatic heterocycles. The van der Waals surface area contributed by atoms with Crippen molar-refractivity contribution in [2.24, 2.45) is 7.05 Å². The zero-order valence-electron chi connectivity index (χ0n) is 15.2. The Bertz CT molecular complexity index is 1340. The second-order valence-electron chi connectivity index (χ2n) is 6.70. The third-order valence-corrected chi connectivity index (χ3v) is 4.81. The van der Waals surface area contributed by atoms with E-state index in [-0.39, 0.29) is 18.3 Å². The van der Waals surface area contributed by atoms with Crippen LogP contribution in [0.25, 0.3) is 16.7 Å². The fourth-order valence-corrected chi connectivity index (χ4v) is 3.36. The minimum absolute atomic E-state index is 0.165. The van der Waals surface area contributed by atoms with Gasteiger partial charge in [0.05, 0.1) is 5.39 Å². The highest BCUT2D eigenvalue weighted by Gasteiger charge is 2.19. The number of hydrogen-bond acceptors (Lipinski definition) is 5. The number of amides is 1. The van der Waals surface area contributed by atoms with Crippen LogP contribution in [-0.2, 0) is 7.05 Å². The highest BCUT2D eigenvalue weighted by Crippen LogP contribution is 2.34. The van der Waals surface area contributed by atoms with E-state index in [9.17, 15) is 9.59 Å². The number of hydrogen-bond donors (Lipinski definition) is 1. The standard InChI is InChI=1S/C20H16N4O4/c1-11-3-6-17-22-18-13(20(26)24(17)9-11)8-14(23(18)2)19(25)21-12-4-5-15-16(7-12)28-10-27-15/h3-9H,10H2,1-2H3,(H,21,25). The Morgan fingerprint density at radius 2 is 1.96 bits per heavy atom. The quantitative estimate of drug-likeness (QED) is 0.581. The predicted molar refractivity (Wildman–Crippen MR) is 103 cm³/mol. The summed E-state index contributed by atoms with van der Waals surface area (Å²) in [7, 11) is 1.72. The predicted octanol–water partition coefficient (Wildman–Crippen LogP) is 2.48. The molecule has 28 heavy (non-hydrogen) atoms. The van der Waals surface area contributed by atoms with Crippen molar-refractivity contribution in [2.45, 2.75) is 6.92 Å². The molecule has 0 bridgehead atoms. The van der Waals surface area contributed by atoms with Crippen LogP contribution >= 0.6 is 0 Å². The molecule has 1 amide bonds. The van der Waals surface area contributed by atoms with Crippen molar-refractivity contribution >= 4 is 28.3 Å². The van der Waals surface area contributed by atoms with E-state index in [1.54, 1.807) is 48.1 Å². The summed E-state index contributed by atoms with van der Waals surface area (Å²) in [6.45, 7) is 2.07. The first kappa shape index (κ1) is 16.4. The maximum atomic E-state index is 12.9. The fraction of sp³-hybridized carbons (Fsp3) is 0.150. The van der Waals surface area contributed by atoms with Gasteiger partial charge >= 0.3 is 0 Å². The van der Waals surface area contributed by atoms with E-state index in [0.717, 1.165) is 5.56 Å². The average molecular weight is 376 g/mol. The lowest BCUT2D eigenvalue weighted by Crippen LogP contribution is -2.16. The highest BCUT2D eigenvalue weighted by molar-refractivity contribution is 6.06. The fourth-order valence-electron chi connectivity index (χ4n) is 3.36. The summed E-state index contributed by atoms with van der Waals surface area (Å²) in [4.78, 5) is 30.2. The number of nitrogens with zero attached hydrogens (tertiary/aromatic N) is 3. The Morgan fingerprint density at radius 3 is 2.82 bits per heavy atom. The SMILES string of the molecule is Cc1ccc2nc3c(cc(C(=O)Nc4ccc5c(c4)OCO5)n3C)c(=O)n2c1. The lowest BCUT2D eigenvalue weighted by molar-refractivity contribution is 0.101. The molecule has 8 nitrogen and oxygen atoms in total. The van der Waals surface area contributed by atoms with Gasteiger partial charge < -0.3 is 19.4 Å². The largest absolute Gasteiger partial charge is 0.454 e. The minimum atomic E-state index is -0.344. The summed E-state index contributed by atoms with van der Waals surface area (Å²) in [5, 5.41) is 3.22. The van der Waals surface area contributed by atoms with Crippen LogP contribution in [-0.4, -0.2) is 26.7 Å². The molecule has 1 aliphatic heterocycles. The van der Waals surface area contributed by atoms with Gasteiger partial charge in [0.2, 0.25) is 6.79 Å². The maximum absolute atomic E-state index is 12.9. The van der Waals surface area contributed by atoms with Crippen LogP contribution < -0.4 is 20.3 Å². The molecule has 0 fully saturated rings. The Hall–Kier alpha value is -3.81. The van der Waals surface area contributed by atoms with Gasteiger partial charge in [-0.1, -0.05) is 6.07 Å². The van der Waals surface area contributed by atoms with Crippen molar-refractivity contribution in [3.63, 3.8) is 0 Å². The van der Waals surface area contributed by atoms with Crippen molar-refractivity contribution in [3.8, 4) is 11.5 Å². The van der Waals surface area contributed by atoms with Crippen LogP contribution in [0.1, 0.15) is 16.1 Å². The van der Waals surface area contributed by atoms with Gasteiger partial charge in [0.1, 0.15) is 17.0 Å². The number of carbonyl (C=O) groups excluding carboxylic acids is 1. The molecule has 1 aromatic carbocycles. The highest BCUT2D eigenvalue weighted by atomic mass is 16.7. The molecule has 0 saturated carbocycles. The summed E-state index contributed by atoms with van der Waals surface area (Å²) in [6.07, 6.45) is 1.74. The van der Waals surface area contributed by atoms with Crippen molar-refractivity contribution in [1.29, 1.82) is 0 Å².